The minimum atomic E-state index is -0.204. The number of nitrogens with zero attached hydrogens (tertiary/aromatic N) is 4. The van der Waals surface area contributed by atoms with Crippen molar-refractivity contribution in [2.45, 2.75) is 26.3 Å². The lowest BCUT2D eigenvalue weighted by atomic mass is 10.2. The highest BCUT2D eigenvalue weighted by Gasteiger charge is 2.10. The van der Waals surface area contributed by atoms with Crippen LogP contribution in [0.15, 0.2) is 36.8 Å². The van der Waals surface area contributed by atoms with Crippen molar-refractivity contribution in [3.8, 4) is 0 Å². The molecule has 0 unspecified atom stereocenters. The summed E-state index contributed by atoms with van der Waals surface area (Å²) in [4.78, 5) is 26.6. The molecule has 116 valence electrons. The smallest absolute Gasteiger partial charge is 0.270 e. The molecule has 0 atom stereocenters. The molecule has 6 heteroatoms. The first-order chi connectivity index (χ1) is 10.7. The number of unbranched alkanes of at least 4 members (excludes halogenated alkanes) is 1. The SMILES string of the molecule is CCCCN(C)c1nccc(C(=O)NCc2ccncc2)n1. The molecule has 2 rings (SSSR count). The molecular weight excluding hydrogens is 278 g/mol. The lowest BCUT2D eigenvalue weighted by Gasteiger charge is -2.16. The number of hydrogen-bond acceptors (Lipinski definition) is 5. The third-order valence-corrected chi connectivity index (χ3v) is 3.27. The van der Waals surface area contributed by atoms with Crippen LogP contribution in [-0.4, -0.2) is 34.5 Å². The summed E-state index contributed by atoms with van der Waals surface area (Å²) in [6.45, 7) is 3.46. The number of amides is 1. The summed E-state index contributed by atoms with van der Waals surface area (Å²) < 4.78 is 0. The molecule has 0 aromatic carbocycles. The maximum atomic E-state index is 12.2. The maximum absolute atomic E-state index is 12.2. The van der Waals surface area contributed by atoms with Gasteiger partial charge in [0.2, 0.25) is 5.95 Å². The van der Waals surface area contributed by atoms with Crippen LogP contribution in [-0.2, 0) is 6.54 Å². The predicted octanol–water partition coefficient (Wildman–Crippen LogP) is 2.04. The fraction of sp³-hybridized carbons (Fsp3) is 0.375. The van der Waals surface area contributed by atoms with Crippen LogP contribution in [0.5, 0.6) is 0 Å². The van der Waals surface area contributed by atoms with Crippen LogP contribution in [0, 0.1) is 0 Å². The Bertz CT molecular complexity index is 602. The lowest BCUT2D eigenvalue weighted by Crippen LogP contribution is -2.26. The Balaban J connectivity index is 1.97. The van der Waals surface area contributed by atoms with Crippen molar-refractivity contribution >= 4 is 11.9 Å². The Kier molecular flexibility index (Phi) is 5.82. The summed E-state index contributed by atoms with van der Waals surface area (Å²) in [6, 6.07) is 5.35. The van der Waals surface area contributed by atoms with Gasteiger partial charge in [-0.1, -0.05) is 13.3 Å². The predicted molar refractivity (Wildman–Crippen MR) is 85.6 cm³/mol. The second-order valence-corrected chi connectivity index (χ2v) is 5.06. The molecule has 6 nitrogen and oxygen atoms in total. The van der Waals surface area contributed by atoms with Gasteiger partial charge in [0.15, 0.2) is 0 Å². The van der Waals surface area contributed by atoms with E-state index in [9.17, 15) is 4.79 Å². The minimum absolute atomic E-state index is 0.204. The van der Waals surface area contributed by atoms with Gasteiger partial charge in [-0.25, -0.2) is 9.97 Å². The molecule has 22 heavy (non-hydrogen) atoms. The molecule has 0 aliphatic carbocycles. The summed E-state index contributed by atoms with van der Waals surface area (Å²) in [5.74, 6) is 0.370. The first-order valence-corrected chi connectivity index (χ1v) is 7.42. The average molecular weight is 299 g/mol. The number of hydrogen-bond donors (Lipinski definition) is 1. The van der Waals surface area contributed by atoms with Crippen LogP contribution in [0.1, 0.15) is 35.8 Å². The van der Waals surface area contributed by atoms with Gasteiger partial charge >= 0.3 is 0 Å². The highest BCUT2D eigenvalue weighted by Crippen LogP contribution is 2.07. The molecule has 2 aromatic heterocycles. The van der Waals surface area contributed by atoms with E-state index in [1.807, 2.05) is 24.1 Å². The molecule has 1 amide bonds. The van der Waals surface area contributed by atoms with E-state index in [0.717, 1.165) is 24.9 Å². The second-order valence-electron chi connectivity index (χ2n) is 5.06. The van der Waals surface area contributed by atoms with Gasteiger partial charge in [-0.05, 0) is 30.2 Å². The molecule has 0 fully saturated rings. The summed E-state index contributed by atoms with van der Waals surface area (Å²) in [5.41, 5.74) is 1.38. The number of rotatable bonds is 7. The van der Waals surface area contributed by atoms with Crippen molar-refractivity contribution in [1.82, 2.24) is 20.3 Å². The van der Waals surface area contributed by atoms with Gasteiger partial charge in [0.1, 0.15) is 5.69 Å². The molecule has 2 aromatic rings. The van der Waals surface area contributed by atoms with Gasteiger partial charge in [-0.15, -0.1) is 0 Å². The van der Waals surface area contributed by atoms with E-state index in [-0.39, 0.29) is 5.91 Å². The van der Waals surface area contributed by atoms with Crippen LogP contribution in [0.3, 0.4) is 0 Å². The largest absolute Gasteiger partial charge is 0.347 e. The van der Waals surface area contributed by atoms with Crippen LogP contribution in [0.25, 0.3) is 0 Å². The standard InChI is InChI=1S/C16H21N5O/c1-3-4-11-21(2)16-18-10-7-14(20-16)15(22)19-12-13-5-8-17-9-6-13/h5-10H,3-4,11-12H2,1-2H3,(H,19,22). The maximum Gasteiger partial charge on any atom is 0.270 e. The van der Waals surface area contributed by atoms with Crippen molar-refractivity contribution in [1.29, 1.82) is 0 Å². The second kappa shape index (κ2) is 8.07. The number of pyridine rings is 1. The Morgan fingerprint density at radius 3 is 2.73 bits per heavy atom. The van der Waals surface area contributed by atoms with Crippen molar-refractivity contribution in [2.75, 3.05) is 18.5 Å². The molecule has 0 aliphatic rings. The fourth-order valence-electron chi connectivity index (χ4n) is 1.93. The topological polar surface area (TPSA) is 71.0 Å². The van der Waals surface area contributed by atoms with Gasteiger partial charge < -0.3 is 10.2 Å². The van der Waals surface area contributed by atoms with Gasteiger partial charge in [0, 0.05) is 38.7 Å². The molecule has 1 N–H and O–H groups in total. The molecule has 2 heterocycles. The van der Waals surface area contributed by atoms with Crippen molar-refractivity contribution < 1.29 is 4.79 Å². The average Bonchev–Trinajstić information content (AvgIpc) is 2.58. The van der Waals surface area contributed by atoms with E-state index in [2.05, 4.69) is 27.2 Å². The minimum Gasteiger partial charge on any atom is -0.347 e. The third kappa shape index (κ3) is 4.51. The molecule has 0 bridgehead atoms. The van der Waals surface area contributed by atoms with E-state index < -0.39 is 0 Å². The van der Waals surface area contributed by atoms with Gasteiger partial charge in [0.05, 0.1) is 0 Å². The molecule has 0 saturated heterocycles. The van der Waals surface area contributed by atoms with Crippen molar-refractivity contribution in [3.05, 3.63) is 48.0 Å². The zero-order valence-corrected chi connectivity index (χ0v) is 13.0. The Morgan fingerprint density at radius 2 is 2.00 bits per heavy atom. The van der Waals surface area contributed by atoms with Crippen molar-refractivity contribution in [2.24, 2.45) is 0 Å². The lowest BCUT2D eigenvalue weighted by molar-refractivity contribution is 0.0946. The zero-order valence-electron chi connectivity index (χ0n) is 13.0. The first-order valence-electron chi connectivity index (χ1n) is 7.42. The monoisotopic (exact) mass is 299 g/mol. The summed E-state index contributed by atoms with van der Waals surface area (Å²) in [5, 5.41) is 2.85. The molecule has 0 saturated carbocycles. The Morgan fingerprint density at radius 1 is 1.23 bits per heavy atom. The Hall–Kier alpha value is -2.50. The third-order valence-electron chi connectivity index (χ3n) is 3.27. The summed E-state index contributed by atoms with van der Waals surface area (Å²) in [7, 11) is 1.93. The highest BCUT2D eigenvalue weighted by molar-refractivity contribution is 5.92. The first kappa shape index (κ1) is 15.9. The normalized spacial score (nSPS) is 10.3. The van der Waals surface area contributed by atoms with Crippen molar-refractivity contribution in [3.63, 3.8) is 0 Å². The summed E-state index contributed by atoms with van der Waals surface area (Å²) in [6.07, 6.45) is 7.20. The number of carbonyl (C=O) groups excluding carboxylic acids is 1. The number of aromatic nitrogens is 3. The molecule has 0 radical (unpaired) electrons. The fourth-order valence-corrected chi connectivity index (χ4v) is 1.93. The molecular formula is C16H21N5O. The highest BCUT2D eigenvalue weighted by atomic mass is 16.1. The molecule has 0 aliphatic heterocycles. The van der Waals surface area contributed by atoms with Gasteiger partial charge in [-0.3, -0.25) is 9.78 Å². The van der Waals surface area contributed by atoms with Crippen LogP contribution < -0.4 is 10.2 Å². The van der Waals surface area contributed by atoms with E-state index >= 15 is 0 Å². The van der Waals surface area contributed by atoms with E-state index in [1.165, 1.54) is 0 Å². The van der Waals surface area contributed by atoms with Crippen LogP contribution >= 0.6 is 0 Å². The van der Waals surface area contributed by atoms with E-state index in [1.54, 1.807) is 24.7 Å². The number of anilines is 1. The van der Waals surface area contributed by atoms with E-state index in [4.69, 9.17) is 0 Å². The van der Waals surface area contributed by atoms with E-state index in [0.29, 0.717) is 18.2 Å². The number of nitrogens with one attached hydrogen (secondary N) is 1. The van der Waals surface area contributed by atoms with Crippen LogP contribution in [0.2, 0.25) is 0 Å². The van der Waals surface area contributed by atoms with Gasteiger partial charge in [-0.2, -0.15) is 0 Å². The van der Waals surface area contributed by atoms with Gasteiger partial charge in [0.25, 0.3) is 5.91 Å². The summed E-state index contributed by atoms with van der Waals surface area (Å²) >= 11 is 0. The van der Waals surface area contributed by atoms with Crippen LogP contribution in [0.4, 0.5) is 5.95 Å². The number of carbonyl (C=O) groups is 1. The Labute approximate surface area is 130 Å². The quantitative estimate of drug-likeness (QED) is 0.847. The molecule has 0 spiro atoms. The zero-order chi connectivity index (χ0) is 15.8.